The summed E-state index contributed by atoms with van der Waals surface area (Å²) >= 11 is 6.00. The van der Waals surface area contributed by atoms with Crippen LogP contribution in [0.3, 0.4) is 0 Å². The third kappa shape index (κ3) is 3.27. The monoisotopic (exact) mass is 344 g/mol. The van der Waals surface area contributed by atoms with Crippen molar-refractivity contribution in [3.63, 3.8) is 0 Å². The van der Waals surface area contributed by atoms with Gasteiger partial charge in [-0.1, -0.05) is 35.9 Å². The summed E-state index contributed by atoms with van der Waals surface area (Å²) in [6, 6.07) is 13.9. The van der Waals surface area contributed by atoms with Gasteiger partial charge in [0.05, 0.1) is 0 Å². The SMILES string of the molecule is CC(C)(Oc1cccc2c1CCCC2c1ccc(Cl)cc1)C(=O)O. The summed E-state index contributed by atoms with van der Waals surface area (Å²) < 4.78 is 5.84. The molecule has 1 aliphatic carbocycles. The van der Waals surface area contributed by atoms with Gasteiger partial charge in [0.15, 0.2) is 5.60 Å². The lowest BCUT2D eigenvalue weighted by Gasteiger charge is -2.30. The molecule has 0 heterocycles. The van der Waals surface area contributed by atoms with Crippen LogP contribution in [0.25, 0.3) is 0 Å². The van der Waals surface area contributed by atoms with Crippen molar-refractivity contribution < 1.29 is 14.6 Å². The highest BCUT2D eigenvalue weighted by atomic mass is 35.5. The fourth-order valence-corrected chi connectivity index (χ4v) is 3.40. The van der Waals surface area contributed by atoms with Crippen molar-refractivity contribution >= 4 is 17.6 Å². The largest absolute Gasteiger partial charge is 0.478 e. The molecular formula is C20H21ClO3. The van der Waals surface area contributed by atoms with Crippen molar-refractivity contribution in [3.05, 3.63) is 64.2 Å². The maximum atomic E-state index is 11.4. The van der Waals surface area contributed by atoms with Gasteiger partial charge in [-0.05, 0) is 68.0 Å². The Morgan fingerprint density at radius 2 is 1.92 bits per heavy atom. The van der Waals surface area contributed by atoms with Crippen molar-refractivity contribution in [2.24, 2.45) is 0 Å². The highest BCUT2D eigenvalue weighted by molar-refractivity contribution is 6.30. The lowest BCUT2D eigenvalue weighted by molar-refractivity contribution is -0.152. The molecule has 2 aromatic carbocycles. The Kier molecular flexibility index (Phi) is 4.55. The zero-order valence-corrected chi connectivity index (χ0v) is 14.6. The van der Waals surface area contributed by atoms with Gasteiger partial charge < -0.3 is 9.84 Å². The molecule has 1 unspecified atom stereocenters. The number of carboxylic acid groups (broad SMARTS) is 1. The average Bonchev–Trinajstić information content (AvgIpc) is 2.55. The second kappa shape index (κ2) is 6.48. The van der Waals surface area contributed by atoms with E-state index in [4.69, 9.17) is 16.3 Å². The Hall–Kier alpha value is -2.00. The molecule has 0 aliphatic heterocycles. The lowest BCUT2D eigenvalue weighted by atomic mass is 9.78. The first-order chi connectivity index (χ1) is 11.4. The molecule has 1 atom stereocenters. The number of fused-ring (bicyclic) bond motifs is 1. The van der Waals surface area contributed by atoms with Gasteiger partial charge >= 0.3 is 5.97 Å². The van der Waals surface area contributed by atoms with Crippen molar-refractivity contribution in [1.29, 1.82) is 0 Å². The first-order valence-electron chi connectivity index (χ1n) is 8.18. The van der Waals surface area contributed by atoms with Gasteiger partial charge in [-0.25, -0.2) is 4.79 Å². The second-order valence-electron chi connectivity index (χ2n) is 6.74. The van der Waals surface area contributed by atoms with Crippen LogP contribution in [0.4, 0.5) is 0 Å². The van der Waals surface area contributed by atoms with E-state index in [0.717, 1.165) is 29.8 Å². The maximum absolute atomic E-state index is 11.4. The van der Waals surface area contributed by atoms with Gasteiger partial charge in [0, 0.05) is 10.9 Å². The molecule has 0 spiro atoms. The van der Waals surface area contributed by atoms with Crippen LogP contribution in [0.2, 0.25) is 5.02 Å². The zero-order chi connectivity index (χ0) is 17.3. The van der Waals surface area contributed by atoms with E-state index in [0.29, 0.717) is 11.7 Å². The van der Waals surface area contributed by atoms with E-state index >= 15 is 0 Å². The summed E-state index contributed by atoms with van der Waals surface area (Å²) in [6.45, 7) is 3.16. The van der Waals surface area contributed by atoms with Crippen LogP contribution in [0.1, 0.15) is 49.3 Å². The van der Waals surface area contributed by atoms with E-state index in [-0.39, 0.29) is 0 Å². The van der Waals surface area contributed by atoms with Crippen LogP contribution in [0, 0.1) is 0 Å². The summed E-state index contributed by atoms with van der Waals surface area (Å²) in [5.74, 6) is 0.00577. The van der Waals surface area contributed by atoms with Crippen molar-refractivity contribution in [2.75, 3.05) is 0 Å². The molecule has 24 heavy (non-hydrogen) atoms. The highest BCUT2D eigenvalue weighted by Gasteiger charge is 2.32. The summed E-state index contributed by atoms with van der Waals surface area (Å²) in [5.41, 5.74) is 2.33. The molecule has 3 nitrogen and oxygen atoms in total. The molecule has 0 amide bonds. The number of halogens is 1. The molecule has 3 rings (SSSR count). The first-order valence-corrected chi connectivity index (χ1v) is 8.56. The average molecular weight is 345 g/mol. The van der Waals surface area contributed by atoms with Gasteiger partial charge in [0.1, 0.15) is 5.75 Å². The minimum atomic E-state index is -1.25. The normalized spacial score (nSPS) is 17.2. The highest BCUT2D eigenvalue weighted by Crippen LogP contribution is 2.41. The van der Waals surface area contributed by atoms with Crippen LogP contribution in [-0.4, -0.2) is 16.7 Å². The van der Waals surface area contributed by atoms with E-state index in [1.807, 2.05) is 24.3 Å². The Balaban J connectivity index is 1.99. The van der Waals surface area contributed by atoms with E-state index in [2.05, 4.69) is 18.2 Å². The number of hydrogen-bond donors (Lipinski definition) is 1. The number of rotatable bonds is 4. The first kappa shape index (κ1) is 16.8. The molecule has 0 saturated heterocycles. The Morgan fingerprint density at radius 3 is 2.58 bits per heavy atom. The number of ether oxygens (including phenoxy) is 1. The van der Waals surface area contributed by atoms with E-state index in [1.54, 1.807) is 13.8 Å². The Bertz CT molecular complexity index is 750. The van der Waals surface area contributed by atoms with E-state index in [9.17, 15) is 9.90 Å². The van der Waals surface area contributed by atoms with Gasteiger partial charge in [0.25, 0.3) is 0 Å². The Labute approximate surface area is 147 Å². The van der Waals surface area contributed by atoms with E-state index < -0.39 is 11.6 Å². The predicted molar refractivity (Wildman–Crippen MR) is 95.0 cm³/mol. The van der Waals surface area contributed by atoms with Crippen LogP contribution in [0.5, 0.6) is 5.75 Å². The van der Waals surface area contributed by atoms with Crippen LogP contribution in [-0.2, 0) is 11.2 Å². The number of carboxylic acids is 1. The topological polar surface area (TPSA) is 46.5 Å². The summed E-state index contributed by atoms with van der Waals surface area (Å²) in [7, 11) is 0. The number of aliphatic carboxylic acids is 1. The predicted octanol–water partition coefficient (Wildman–Crippen LogP) is 5.05. The van der Waals surface area contributed by atoms with Gasteiger partial charge in [-0.2, -0.15) is 0 Å². The fourth-order valence-electron chi connectivity index (χ4n) is 3.27. The molecule has 4 heteroatoms. The van der Waals surface area contributed by atoms with Gasteiger partial charge in [0.2, 0.25) is 0 Å². The van der Waals surface area contributed by atoms with Crippen molar-refractivity contribution in [1.82, 2.24) is 0 Å². The van der Waals surface area contributed by atoms with Crippen LogP contribution >= 0.6 is 11.6 Å². The minimum Gasteiger partial charge on any atom is -0.478 e. The van der Waals surface area contributed by atoms with Crippen molar-refractivity contribution in [3.8, 4) is 5.75 Å². The third-order valence-electron chi connectivity index (χ3n) is 4.62. The molecule has 126 valence electrons. The second-order valence-corrected chi connectivity index (χ2v) is 7.17. The molecule has 2 aromatic rings. The molecule has 0 saturated carbocycles. The minimum absolute atomic E-state index is 0.294. The van der Waals surface area contributed by atoms with Crippen molar-refractivity contribution in [2.45, 2.75) is 44.6 Å². The van der Waals surface area contributed by atoms with Crippen LogP contribution < -0.4 is 4.74 Å². The maximum Gasteiger partial charge on any atom is 0.347 e. The lowest BCUT2D eigenvalue weighted by Crippen LogP contribution is -2.38. The quantitative estimate of drug-likeness (QED) is 0.844. The molecule has 1 aliphatic rings. The van der Waals surface area contributed by atoms with Gasteiger partial charge in [-0.15, -0.1) is 0 Å². The standard InChI is InChI=1S/C20H21ClO3/c1-20(2,19(22)23)24-18-8-4-6-16-15(5-3-7-17(16)18)13-9-11-14(21)12-10-13/h4,6,8-12,15H,3,5,7H2,1-2H3,(H,22,23). The number of benzene rings is 2. The smallest absolute Gasteiger partial charge is 0.347 e. The molecule has 1 N–H and O–H groups in total. The fraction of sp³-hybridized carbons (Fsp3) is 0.350. The van der Waals surface area contributed by atoms with Crippen LogP contribution in [0.15, 0.2) is 42.5 Å². The summed E-state index contributed by atoms with van der Waals surface area (Å²) in [5, 5.41) is 10.1. The molecule has 0 aromatic heterocycles. The zero-order valence-electron chi connectivity index (χ0n) is 13.9. The molecule has 0 bridgehead atoms. The van der Waals surface area contributed by atoms with E-state index in [1.165, 1.54) is 11.1 Å². The molecular weight excluding hydrogens is 324 g/mol. The molecule has 0 fully saturated rings. The summed E-state index contributed by atoms with van der Waals surface area (Å²) in [6.07, 6.45) is 3.03. The number of hydrogen-bond acceptors (Lipinski definition) is 2. The molecule has 0 radical (unpaired) electrons. The van der Waals surface area contributed by atoms with Gasteiger partial charge in [-0.3, -0.25) is 0 Å². The Morgan fingerprint density at radius 1 is 1.21 bits per heavy atom. The summed E-state index contributed by atoms with van der Waals surface area (Å²) in [4.78, 5) is 11.4. The number of carbonyl (C=O) groups is 1. The third-order valence-corrected chi connectivity index (χ3v) is 4.87.